The van der Waals surface area contributed by atoms with Crippen LogP contribution in [-0.4, -0.2) is 22.9 Å². The number of ketones is 1. The third-order valence-corrected chi connectivity index (χ3v) is 5.69. The summed E-state index contributed by atoms with van der Waals surface area (Å²) in [5, 5.41) is 11.7. The Morgan fingerprint density at radius 1 is 1.00 bits per heavy atom. The van der Waals surface area contributed by atoms with Crippen LogP contribution in [-0.2, 0) is 9.59 Å². The Balaban J connectivity index is 1.88. The molecule has 1 N–H and O–H groups in total. The molecule has 1 fully saturated rings. The summed E-state index contributed by atoms with van der Waals surface area (Å²) in [6.07, 6.45) is 0.00393. The maximum absolute atomic E-state index is 13.2. The zero-order valence-corrected chi connectivity index (χ0v) is 19.3. The number of nitrogens with zero attached hydrogens (tertiary/aromatic N) is 1. The maximum atomic E-state index is 13.2. The van der Waals surface area contributed by atoms with Crippen LogP contribution in [0.15, 0.2) is 78.4 Å². The Kier molecular flexibility index (Phi) is 6.25. The Labute approximate surface area is 197 Å². The van der Waals surface area contributed by atoms with E-state index < -0.39 is 17.7 Å². The minimum Gasteiger partial charge on any atom is -0.507 e. The van der Waals surface area contributed by atoms with Crippen LogP contribution >= 0.6 is 11.6 Å². The summed E-state index contributed by atoms with van der Waals surface area (Å²) in [7, 11) is 0. The van der Waals surface area contributed by atoms with Gasteiger partial charge in [0, 0.05) is 16.3 Å². The number of halogens is 1. The molecule has 0 radical (unpaired) electrons. The molecule has 4 rings (SSSR count). The molecule has 0 spiro atoms. The van der Waals surface area contributed by atoms with Gasteiger partial charge in [0.1, 0.15) is 11.5 Å². The number of carbonyl (C=O) groups excluding carboxylic acids is 2. The van der Waals surface area contributed by atoms with E-state index in [1.807, 2.05) is 51.1 Å². The van der Waals surface area contributed by atoms with E-state index in [0.29, 0.717) is 27.6 Å². The van der Waals surface area contributed by atoms with E-state index in [2.05, 4.69) is 0 Å². The summed E-state index contributed by atoms with van der Waals surface area (Å²) >= 11 is 6.17. The fourth-order valence-corrected chi connectivity index (χ4v) is 4.20. The lowest BCUT2D eigenvalue weighted by Crippen LogP contribution is -2.29. The zero-order chi connectivity index (χ0) is 23.7. The first kappa shape index (κ1) is 22.6. The van der Waals surface area contributed by atoms with Gasteiger partial charge in [-0.3, -0.25) is 14.5 Å². The predicted molar refractivity (Wildman–Crippen MR) is 130 cm³/mol. The van der Waals surface area contributed by atoms with Crippen molar-refractivity contribution in [2.75, 3.05) is 4.90 Å². The number of aliphatic hydroxyl groups is 1. The van der Waals surface area contributed by atoms with Crippen LogP contribution in [0.3, 0.4) is 0 Å². The number of amides is 1. The quantitative estimate of drug-likeness (QED) is 0.285. The van der Waals surface area contributed by atoms with Gasteiger partial charge in [-0.15, -0.1) is 0 Å². The number of Topliss-reactive ketones (excluding diaryl/α,β-unsaturated/α-hetero) is 1. The van der Waals surface area contributed by atoms with Gasteiger partial charge in [-0.1, -0.05) is 48.0 Å². The molecule has 0 saturated carbocycles. The first-order valence-electron chi connectivity index (χ1n) is 10.7. The molecule has 0 aliphatic carbocycles. The minimum atomic E-state index is -0.795. The van der Waals surface area contributed by atoms with Crippen LogP contribution < -0.4 is 9.64 Å². The van der Waals surface area contributed by atoms with Crippen molar-refractivity contribution in [3.05, 3.63) is 100 Å². The molecule has 1 unspecified atom stereocenters. The van der Waals surface area contributed by atoms with Crippen molar-refractivity contribution >= 4 is 34.7 Å². The van der Waals surface area contributed by atoms with Crippen LogP contribution in [0.25, 0.3) is 5.76 Å². The Morgan fingerprint density at radius 2 is 1.73 bits per heavy atom. The van der Waals surface area contributed by atoms with Gasteiger partial charge in [0.15, 0.2) is 0 Å². The number of hydrogen-bond acceptors (Lipinski definition) is 4. The number of anilines is 1. The number of aryl methyl sites for hydroxylation is 1. The van der Waals surface area contributed by atoms with Crippen molar-refractivity contribution in [1.82, 2.24) is 0 Å². The van der Waals surface area contributed by atoms with Crippen LogP contribution in [0.5, 0.6) is 5.75 Å². The van der Waals surface area contributed by atoms with Gasteiger partial charge in [0.25, 0.3) is 11.7 Å². The van der Waals surface area contributed by atoms with Crippen LogP contribution in [0, 0.1) is 6.92 Å². The fourth-order valence-electron chi connectivity index (χ4n) is 4.01. The molecule has 3 aromatic carbocycles. The van der Waals surface area contributed by atoms with E-state index in [-0.39, 0.29) is 17.4 Å². The summed E-state index contributed by atoms with van der Waals surface area (Å²) in [6.45, 7) is 5.74. The largest absolute Gasteiger partial charge is 0.507 e. The van der Waals surface area contributed by atoms with Gasteiger partial charge in [-0.25, -0.2) is 0 Å². The second-order valence-corrected chi connectivity index (χ2v) is 8.64. The predicted octanol–water partition coefficient (Wildman–Crippen LogP) is 6.06. The highest BCUT2D eigenvalue weighted by molar-refractivity contribution is 6.51. The number of rotatable bonds is 5. The molecule has 0 aromatic heterocycles. The van der Waals surface area contributed by atoms with Gasteiger partial charge in [-0.2, -0.15) is 0 Å². The molecular formula is C27H24ClNO4. The molecule has 33 heavy (non-hydrogen) atoms. The van der Waals surface area contributed by atoms with E-state index in [0.717, 1.165) is 5.56 Å². The first-order chi connectivity index (χ1) is 15.8. The lowest BCUT2D eigenvalue weighted by molar-refractivity contribution is -0.132. The maximum Gasteiger partial charge on any atom is 0.300 e. The average Bonchev–Trinajstić information content (AvgIpc) is 3.05. The summed E-state index contributed by atoms with van der Waals surface area (Å²) in [5.74, 6) is -1.00. The Morgan fingerprint density at radius 3 is 2.36 bits per heavy atom. The highest BCUT2D eigenvalue weighted by atomic mass is 35.5. The second kappa shape index (κ2) is 9.12. The molecule has 0 bridgehead atoms. The molecule has 168 valence electrons. The Bertz CT molecular complexity index is 1250. The number of carbonyl (C=O) groups is 2. The monoisotopic (exact) mass is 461 g/mol. The van der Waals surface area contributed by atoms with Crippen molar-refractivity contribution in [3.8, 4) is 5.75 Å². The summed E-state index contributed by atoms with van der Waals surface area (Å²) in [4.78, 5) is 27.7. The van der Waals surface area contributed by atoms with Crippen LogP contribution in [0.4, 0.5) is 5.69 Å². The van der Waals surface area contributed by atoms with Gasteiger partial charge in [0.05, 0.1) is 17.7 Å². The van der Waals surface area contributed by atoms with E-state index in [1.54, 1.807) is 42.5 Å². The third kappa shape index (κ3) is 4.37. The van der Waals surface area contributed by atoms with E-state index in [1.165, 1.54) is 4.90 Å². The number of ether oxygens (including phenoxy) is 1. The zero-order valence-electron chi connectivity index (χ0n) is 18.6. The highest BCUT2D eigenvalue weighted by Crippen LogP contribution is 2.42. The molecular weight excluding hydrogens is 438 g/mol. The van der Waals surface area contributed by atoms with E-state index in [4.69, 9.17) is 16.3 Å². The highest BCUT2D eigenvalue weighted by Gasteiger charge is 2.47. The molecule has 1 aliphatic rings. The van der Waals surface area contributed by atoms with E-state index in [9.17, 15) is 14.7 Å². The molecule has 1 saturated heterocycles. The number of benzene rings is 3. The summed E-state index contributed by atoms with van der Waals surface area (Å²) in [6, 6.07) is 20.3. The molecule has 1 atom stereocenters. The molecule has 3 aromatic rings. The van der Waals surface area contributed by atoms with E-state index >= 15 is 0 Å². The number of hydrogen-bond donors (Lipinski definition) is 1. The summed E-state index contributed by atoms with van der Waals surface area (Å²) in [5.41, 5.74) is 2.47. The van der Waals surface area contributed by atoms with Crippen molar-refractivity contribution < 1.29 is 19.4 Å². The van der Waals surface area contributed by atoms with Crippen molar-refractivity contribution in [2.24, 2.45) is 0 Å². The number of aliphatic hydroxyl groups excluding tert-OH is 1. The van der Waals surface area contributed by atoms with Gasteiger partial charge in [0.2, 0.25) is 0 Å². The standard InChI is InChI=1S/C27H24ClNO4/c1-16(2)33-22-13-12-19(14-17(22)3)25(30)23-24(18-8-5-4-6-9-18)29(27(32)26(23)31)21-11-7-10-20(28)15-21/h4-16,24,30H,1-3H3/b25-23-. The lowest BCUT2D eigenvalue weighted by Gasteiger charge is -2.25. The van der Waals surface area contributed by atoms with Crippen molar-refractivity contribution in [2.45, 2.75) is 32.9 Å². The topological polar surface area (TPSA) is 66.8 Å². The van der Waals surface area contributed by atoms with Gasteiger partial charge in [-0.05, 0) is 68.3 Å². The average molecular weight is 462 g/mol. The van der Waals surface area contributed by atoms with Crippen LogP contribution in [0.1, 0.15) is 36.6 Å². The Hall–Kier alpha value is -3.57. The van der Waals surface area contributed by atoms with Crippen molar-refractivity contribution in [3.63, 3.8) is 0 Å². The smallest absolute Gasteiger partial charge is 0.300 e. The first-order valence-corrected chi connectivity index (χ1v) is 11.0. The molecule has 1 aliphatic heterocycles. The normalized spacial score (nSPS) is 17.6. The van der Waals surface area contributed by atoms with Crippen molar-refractivity contribution in [1.29, 1.82) is 0 Å². The van der Waals surface area contributed by atoms with Crippen LogP contribution in [0.2, 0.25) is 5.02 Å². The molecule has 1 heterocycles. The summed E-state index contributed by atoms with van der Waals surface area (Å²) < 4.78 is 5.78. The van der Waals surface area contributed by atoms with Gasteiger partial charge >= 0.3 is 0 Å². The third-order valence-electron chi connectivity index (χ3n) is 5.46. The second-order valence-electron chi connectivity index (χ2n) is 8.21. The molecule has 5 nitrogen and oxygen atoms in total. The molecule has 6 heteroatoms. The fraction of sp³-hybridized carbons (Fsp3) is 0.185. The minimum absolute atomic E-state index is 0.00393. The SMILES string of the molecule is Cc1cc(/C(O)=C2/C(=O)C(=O)N(c3cccc(Cl)c3)C2c2ccccc2)ccc1OC(C)C. The molecule has 1 amide bonds. The van der Waals surface area contributed by atoms with Gasteiger partial charge < -0.3 is 9.84 Å². The lowest BCUT2D eigenvalue weighted by atomic mass is 9.94.